The van der Waals surface area contributed by atoms with E-state index in [-0.39, 0.29) is 39.6 Å². The fourth-order valence-corrected chi connectivity index (χ4v) is 6.39. The maximum absolute atomic E-state index is 14.4. The number of nitrogens with one attached hydrogen (secondary N) is 1. The maximum atomic E-state index is 14.4. The molecule has 2 amide bonds. The Morgan fingerprint density at radius 1 is 0.844 bits per heavy atom. The molecule has 0 aliphatic heterocycles. The van der Waals surface area contributed by atoms with Gasteiger partial charge in [0.15, 0.2) is 0 Å². The number of hydrogen-bond donors (Lipinski definition) is 1. The largest absolute Gasteiger partial charge is 0.352 e. The lowest BCUT2D eigenvalue weighted by Crippen LogP contribution is -2.54. The van der Waals surface area contributed by atoms with Crippen LogP contribution in [0.15, 0.2) is 108 Å². The third-order valence-electron chi connectivity index (χ3n) is 7.34. The molecule has 0 spiro atoms. The average molecular weight is 671 g/mol. The molecule has 0 aliphatic carbocycles. The summed E-state index contributed by atoms with van der Waals surface area (Å²) < 4.78 is 42.8. The molecule has 4 rings (SSSR count). The molecular weight excluding hydrogens is 636 g/mol. The number of rotatable bonds is 13. The van der Waals surface area contributed by atoms with Crippen LogP contribution in [-0.2, 0) is 32.6 Å². The first-order valence-corrected chi connectivity index (χ1v) is 16.6. The molecule has 7 nitrogen and oxygen atoms in total. The Bertz CT molecular complexity index is 1710. The first-order chi connectivity index (χ1) is 21.5. The summed E-state index contributed by atoms with van der Waals surface area (Å²) in [6.45, 7) is 3.06. The summed E-state index contributed by atoms with van der Waals surface area (Å²) >= 11 is 12.4. The van der Waals surface area contributed by atoms with Gasteiger partial charge in [0, 0.05) is 19.0 Å². The predicted molar refractivity (Wildman–Crippen MR) is 176 cm³/mol. The van der Waals surface area contributed by atoms with Gasteiger partial charge in [0.05, 0.1) is 20.6 Å². The zero-order chi connectivity index (χ0) is 32.6. The van der Waals surface area contributed by atoms with E-state index >= 15 is 0 Å². The number of carbonyl (C=O) groups is 2. The summed E-state index contributed by atoms with van der Waals surface area (Å²) in [7, 11) is -4.28. The normalized spacial score (nSPS) is 12.6. The van der Waals surface area contributed by atoms with Crippen molar-refractivity contribution >= 4 is 50.7 Å². The minimum atomic E-state index is -4.28. The Morgan fingerprint density at radius 3 is 2.07 bits per heavy atom. The van der Waals surface area contributed by atoms with E-state index in [2.05, 4.69) is 5.32 Å². The van der Waals surface area contributed by atoms with Crippen molar-refractivity contribution in [3.05, 3.63) is 130 Å². The van der Waals surface area contributed by atoms with Gasteiger partial charge in [-0.3, -0.25) is 13.9 Å². The van der Waals surface area contributed by atoms with E-state index in [0.717, 1.165) is 9.87 Å². The van der Waals surface area contributed by atoms with Crippen molar-refractivity contribution in [1.82, 2.24) is 10.2 Å². The highest BCUT2D eigenvalue weighted by Crippen LogP contribution is 2.31. The van der Waals surface area contributed by atoms with Gasteiger partial charge in [-0.25, -0.2) is 12.8 Å². The summed E-state index contributed by atoms with van der Waals surface area (Å²) in [5.74, 6) is -1.49. The van der Waals surface area contributed by atoms with Crippen molar-refractivity contribution in [2.75, 3.05) is 10.8 Å². The molecule has 0 unspecified atom stereocenters. The molecule has 0 heterocycles. The van der Waals surface area contributed by atoms with Crippen molar-refractivity contribution in [3.63, 3.8) is 0 Å². The molecule has 4 aromatic rings. The van der Waals surface area contributed by atoms with E-state index in [4.69, 9.17) is 23.2 Å². The number of anilines is 1. The second-order valence-electron chi connectivity index (χ2n) is 10.6. The minimum absolute atomic E-state index is 0.0377. The van der Waals surface area contributed by atoms with Crippen LogP contribution in [0.3, 0.4) is 0 Å². The molecule has 4 aromatic carbocycles. The number of benzene rings is 4. The van der Waals surface area contributed by atoms with Gasteiger partial charge in [-0.15, -0.1) is 0 Å². The SMILES string of the molecule is CC[C@@H](C)NC(=O)[C@@H](Cc1ccccc1)N(Cc1ccc(F)cc1)C(=O)CN(c1ccc(Cl)c(Cl)c1)S(=O)(=O)c1ccccc1. The lowest BCUT2D eigenvalue weighted by molar-refractivity contribution is -0.140. The van der Waals surface area contributed by atoms with Gasteiger partial charge in [-0.1, -0.05) is 90.8 Å². The van der Waals surface area contributed by atoms with Crippen molar-refractivity contribution < 1.29 is 22.4 Å². The molecule has 0 aromatic heterocycles. The second-order valence-corrected chi connectivity index (χ2v) is 13.3. The van der Waals surface area contributed by atoms with Crippen molar-refractivity contribution in [3.8, 4) is 0 Å². The Morgan fingerprint density at radius 2 is 1.47 bits per heavy atom. The van der Waals surface area contributed by atoms with E-state index in [1.807, 2.05) is 44.2 Å². The quantitative estimate of drug-likeness (QED) is 0.168. The smallest absolute Gasteiger partial charge is 0.264 e. The minimum Gasteiger partial charge on any atom is -0.352 e. The van der Waals surface area contributed by atoms with Crippen LogP contribution in [0.4, 0.5) is 10.1 Å². The van der Waals surface area contributed by atoms with Crippen LogP contribution in [0.2, 0.25) is 10.0 Å². The topological polar surface area (TPSA) is 86.8 Å². The van der Waals surface area contributed by atoms with Crippen molar-refractivity contribution in [2.24, 2.45) is 0 Å². The number of sulfonamides is 1. The van der Waals surface area contributed by atoms with E-state index in [0.29, 0.717) is 12.0 Å². The maximum Gasteiger partial charge on any atom is 0.264 e. The summed E-state index contributed by atoms with van der Waals surface area (Å²) in [6, 6.07) is 25.6. The summed E-state index contributed by atoms with van der Waals surface area (Å²) in [5, 5.41) is 3.30. The van der Waals surface area contributed by atoms with Gasteiger partial charge in [0.2, 0.25) is 11.8 Å². The molecule has 0 fully saturated rings. The summed E-state index contributed by atoms with van der Waals surface area (Å²) in [5.41, 5.74) is 1.48. The molecular formula is C34H34Cl2FN3O4S. The van der Waals surface area contributed by atoms with Gasteiger partial charge in [0.25, 0.3) is 10.0 Å². The van der Waals surface area contributed by atoms with E-state index in [9.17, 15) is 22.4 Å². The first-order valence-electron chi connectivity index (χ1n) is 14.4. The number of hydrogen-bond acceptors (Lipinski definition) is 4. The average Bonchev–Trinajstić information content (AvgIpc) is 3.04. The fourth-order valence-electron chi connectivity index (χ4n) is 4.67. The van der Waals surface area contributed by atoms with E-state index < -0.39 is 40.2 Å². The lowest BCUT2D eigenvalue weighted by Gasteiger charge is -2.34. The van der Waals surface area contributed by atoms with Crippen molar-refractivity contribution in [1.29, 1.82) is 0 Å². The molecule has 0 radical (unpaired) electrons. The van der Waals surface area contributed by atoms with Gasteiger partial charge in [0.1, 0.15) is 18.4 Å². The zero-order valence-corrected chi connectivity index (χ0v) is 27.2. The van der Waals surface area contributed by atoms with Gasteiger partial charge in [-0.2, -0.15) is 0 Å². The van der Waals surface area contributed by atoms with Crippen LogP contribution in [0.25, 0.3) is 0 Å². The van der Waals surface area contributed by atoms with E-state index in [1.54, 1.807) is 18.2 Å². The van der Waals surface area contributed by atoms with Crippen LogP contribution in [-0.4, -0.2) is 43.8 Å². The highest BCUT2D eigenvalue weighted by molar-refractivity contribution is 7.92. The van der Waals surface area contributed by atoms with Gasteiger partial charge < -0.3 is 10.2 Å². The molecule has 0 bridgehead atoms. The van der Waals surface area contributed by atoms with Crippen LogP contribution in [0.1, 0.15) is 31.4 Å². The monoisotopic (exact) mass is 669 g/mol. The first kappa shape index (κ1) is 34.0. The Balaban J connectivity index is 1.81. The van der Waals surface area contributed by atoms with Gasteiger partial charge >= 0.3 is 0 Å². The molecule has 1 N–H and O–H groups in total. The van der Waals surface area contributed by atoms with Crippen LogP contribution < -0.4 is 9.62 Å². The number of amides is 2. The Hall–Kier alpha value is -3.92. The fraction of sp³-hybridized carbons (Fsp3) is 0.235. The van der Waals surface area contributed by atoms with Crippen LogP contribution >= 0.6 is 23.2 Å². The third kappa shape index (κ3) is 8.84. The van der Waals surface area contributed by atoms with Crippen LogP contribution in [0, 0.1) is 5.82 Å². The Labute approximate surface area is 273 Å². The number of nitrogens with zero attached hydrogens (tertiary/aromatic N) is 2. The lowest BCUT2D eigenvalue weighted by atomic mass is 10.0. The van der Waals surface area contributed by atoms with E-state index in [1.165, 1.54) is 59.5 Å². The molecule has 11 heteroatoms. The Kier molecular flexibility index (Phi) is 11.6. The standard InChI is InChI=1S/C34H34Cl2FN3O4S/c1-3-24(2)38-34(42)32(20-25-10-6-4-7-11-25)39(22-26-14-16-27(37)17-15-26)33(41)23-40(28-18-19-30(35)31(36)21-28)45(43,44)29-12-8-5-9-13-29/h4-19,21,24,32H,3,20,22-23H2,1-2H3,(H,38,42)/t24-,32-/m1/s1. The van der Waals surface area contributed by atoms with Crippen molar-refractivity contribution in [2.45, 2.75) is 50.2 Å². The molecule has 0 aliphatic rings. The molecule has 0 saturated carbocycles. The molecule has 0 saturated heterocycles. The highest BCUT2D eigenvalue weighted by Gasteiger charge is 2.35. The molecule has 2 atom stereocenters. The predicted octanol–water partition coefficient (Wildman–Crippen LogP) is 6.88. The molecule has 45 heavy (non-hydrogen) atoms. The number of carbonyl (C=O) groups excluding carboxylic acids is 2. The highest BCUT2D eigenvalue weighted by atomic mass is 35.5. The number of halogens is 3. The third-order valence-corrected chi connectivity index (χ3v) is 9.87. The van der Waals surface area contributed by atoms with Crippen LogP contribution in [0.5, 0.6) is 0 Å². The molecule has 236 valence electrons. The van der Waals surface area contributed by atoms with Gasteiger partial charge in [-0.05, 0) is 66.9 Å². The summed E-state index contributed by atoms with van der Waals surface area (Å²) in [4.78, 5) is 29.6. The second kappa shape index (κ2) is 15.4. The zero-order valence-electron chi connectivity index (χ0n) is 24.9. The summed E-state index contributed by atoms with van der Waals surface area (Å²) in [6.07, 6.45) is 0.824.